The Hall–Kier alpha value is -0.630. The molecule has 0 saturated heterocycles. The summed E-state index contributed by atoms with van der Waals surface area (Å²) in [5.74, 6) is 2.87. The van der Waals surface area contributed by atoms with Crippen LogP contribution in [-0.2, 0) is 4.79 Å². The number of hydrogen-bond acceptors (Lipinski definition) is 2. The van der Waals surface area contributed by atoms with E-state index in [1.54, 1.807) is 5.57 Å². The fraction of sp³-hybridized carbons (Fsp3) is 0.870. The van der Waals surface area contributed by atoms with Crippen LogP contribution >= 0.6 is 0 Å². The van der Waals surface area contributed by atoms with E-state index in [9.17, 15) is 9.90 Å². The molecular formula is C23H36O2. The molecule has 1 N–H and O–H groups in total. The number of carbonyl (C=O) groups is 1. The first kappa shape index (κ1) is 17.8. The summed E-state index contributed by atoms with van der Waals surface area (Å²) in [6.45, 7) is 2.90. The van der Waals surface area contributed by atoms with Gasteiger partial charge in [-0.3, -0.25) is 0 Å². The van der Waals surface area contributed by atoms with E-state index >= 15 is 0 Å². The molecule has 0 bridgehead atoms. The predicted octanol–water partition coefficient (Wildman–Crippen LogP) is 5.30. The molecule has 2 heteroatoms. The van der Waals surface area contributed by atoms with Crippen molar-refractivity contribution in [2.24, 2.45) is 34.5 Å². The summed E-state index contributed by atoms with van der Waals surface area (Å²) >= 11 is 0. The van der Waals surface area contributed by atoms with E-state index in [0.717, 1.165) is 37.0 Å². The van der Waals surface area contributed by atoms with Crippen molar-refractivity contribution in [2.75, 3.05) is 6.61 Å². The number of hydrogen-bond donors (Lipinski definition) is 1. The van der Waals surface area contributed by atoms with Gasteiger partial charge in [-0.05, 0) is 92.8 Å². The first-order valence-electron chi connectivity index (χ1n) is 10.9. The maximum Gasteiger partial charge on any atom is 0.126 e. The summed E-state index contributed by atoms with van der Waals surface area (Å²) in [5, 5.41) is 9.30. The standard InChI is InChI=1S/C23H36O2/c1-22-10-4-5-20(22)19-7-6-18-15-17(16-25)8-13-23(18,11-2-3-14-24)21(19)9-12-22/h15-17,19-21,24H,2-14H2,1H3/t17?,19-,20-,21-,22-,23-/m0/s1. The van der Waals surface area contributed by atoms with Gasteiger partial charge in [-0.25, -0.2) is 0 Å². The van der Waals surface area contributed by atoms with Gasteiger partial charge in [0, 0.05) is 12.5 Å². The van der Waals surface area contributed by atoms with Gasteiger partial charge < -0.3 is 9.90 Å². The lowest BCUT2D eigenvalue weighted by atomic mass is 9.46. The second kappa shape index (κ2) is 6.83. The van der Waals surface area contributed by atoms with Gasteiger partial charge in [-0.2, -0.15) is 0 Å². The fourth-order valence-corrected chi connectivity index (χ4v) is 7.67. The molecule has 6 atom stereocenters. The Bertz CT molecular complexity index is 538. The van der Waals surface area contributed by atoms with Crippen LogP contribution in [0.5, 0.6) is 0 Å². The minimum atomic E-state index is 0.165. The average Bonchev–Trinajstić information content (AvgIpc) is 3.03. The third-order valence-electron chi connectivity index (χ3n) is 8.86. The molecule has 140 valence electrons. The Labute approximate surface area is 153 Å². The van der Waals surface area contributed by atoms with Gasteiger partial charge in [0.05, 0.1) is 0 Å². The van der Waals surface area contributed by atoms with Gasteiger partial charge in [-0.1, -0.05) is 31.4 Å². The fourth-order valence-electron chi connectivity index (χ4n) is 7.67. The van der Waals surface area contributed by atoms with Crippen LogP contribution in [0, 0.1) is 34.5 Å². The highest BCUT2D eigenvalue weighted by Gasteiger charge is 2.57. The van der Waals surface area contributed by atoms with Crippen LogP contribution < -0.4 is 0 Å². The van der Waals surface area contributed by atoms with Crippen molar-refractivity contribution in [1.29, 1.82) is 0 Å². The quantitative estimate of drug-likeness (QED) is 0.417. The number of aldehydes is 1. The largest absolute Gasteiger partial charge is 0.396 e. The molecule has 0 aromatic rings. The Balaban J connectivity index is 1.65. The molecular weight excluding hydrogens is 308 g/mol. The van der Waals surface area contributed by atoms with Crippen LogP contribution in [0.15, 0.2) is 11.6 Å². The van der Waals surface area contributed by atoms with Crippen molar-refractivity contribution in [3.05, 3.63) is 11.6 Å². The molecule has 0 aromatic heterocycles. The van der Waals surface area contributed by atoms with E-state index in [2.05, 4.69) is 13.0 Å². The first-order valence-corrected chi connectivity index (χ1v) is 10.9. The van der Waals surface area contributed by atoms with Crippen molar-refractivity contribution < 1.29 is 9.90 Å². The topological polar surface area (TPSA) is 37.3 Å². The van der Waals surface area contributed by atoms with E-state index < -0.39 is 0 Å². The van der Waals surface area contributed by atoms with Crippen molar-refractivity contribution in [3.8, 4) is 0 Å². The summed E-state index contributed by atoms with van der Waals surface area (Å²) in [6.07, 6.45) is 18.9. The smallest absolute Gasteiger partial charge is 0.126 e. The normalized spacial score (nSPS) is 45.9. The zero-order valence-electron chi connectivity index (χ0n) is 16.0. The van der Waals surface area contributed by atoms with E-state index in [1.165, 1.54) is 64.1 Å². The molecule has 3 fully saturated rings. The highest BCUT2D eigenvalue weighted by atomic mass is 16.2. The lowest BCUT2D eigenvalue weighted by Gasteiger charge is -2.59. The number of fused-ring (bicyclic) bond motifs is 5. The van der Waals surface area contributed by atoms with E-state index in [-0.39, 0.29) is 5.92 Å². The Morgan fingerprint density at radius 1 is 1.12 bits per heavy atom. The molecule has 0 aromatic carbocycles. The van der Waals surface area contributed by atoms with E-state index in [1.807, 2.05) is 0 Å². The molecule has 25 heavy (non-hydrogen) atoms. The van der Waals surface area contributed by atoms with Crippen LogP contribution in [-0.4, -0.2) is 18.0 Å². The lowest BCUT2D eigenvalue weighted by molar-refractivity contribution is -0.111. The summed E-state index contributed by atoms with van der Waals surface area (Å²) in [5.41, 5.74) is 2.62. The third kappa shape index (κ3) is 2.83. The molecule has 0 radical (unpaired) electrons. The number of aliphatic hydroxyl groups excluding tert-OH is 1. The van der Waals surface area contributed by atoms with Gasteiger partial charge in [0.15, 0.2) is 0 Å². The van der Waals surface area contributed by atoms with Gasteiger partial charge >= 0.3 is 0 Å². The maximum absolute atomic E-state index is 11.4. The molecule has 0 spiro atoms. The molecule has 2 nitrogen and oxygen atoms in total. The number of allylic oxidation sites excluding steroid dienone is 2. The minimum Gasteiger partial charge on any atom is -0.396 e. The van der Waals surface area contributed by atoms with E-state index in [4.69, 9.17) is 0 Å². The van der Waals surface area contributed by atoms with Gasteiger partial charge in [-0.15, -0.1) is 0 Å². The SMILES string of the molecule is C[C@@]12CCC[C@H]1[C@@H]1CCC3=CC(C=O)CC[C@]3(CCCCO)[C@H]1CC2. The predicted molar refractivity (Wildman–Crippen MR) is 101 cm³/mol. The highest BCUT2D eigenvalue weighted by Crippen LogP contribution is 2.66. The van der Waals surface area contributed by atoms with Gasteiger partial charge in [0.1, 0.15) is 6.29 Å². The molecule has 0 heterocycles. The molecule has 1 unspecified atom stereocenters. The molecule has 3 saturated carbocycles. The zero-order valence-corrected chi connectivity index (χ0v) is 16.0. The Morgan fingerprint density at radius 3 is 2.80 bits per heavy atom. The Morgan fingerprint density at radius 2 is 2.00 bits per heavy atom. The number of rotatable bonds is 5. The summed E-state index contributed by atoms with van der Waals surface area (Å²) in [4.78, 5) is 11.4. The zero-order chi connectivity index (χ0) is 17.5. The molecule has 0 aliphatic heterocycles. The summed E-state index contributed by atoms with van der Waals surface area (Å²) in [6, 6.07) is 0. The van der Waals surface area contributed by atoms with Crippen LogP contribution in [0.3, 0.4) is 0 Å². The average molecular weight is 345 g/mol. The van der Waals surface area contributed by atoms with Crippen molar-refractivity contribution >= 4 is 6.29 Å². The molecule has 4 aliphatic carbocycles. The van der Waals surface area contributed by atoms with Crippen molar-refractivity contribution in [1.82, 2.24) is 0 Å². The number of aliphatic hydroxyl groups is 1. The third-order valence-corrected chi connectivity index (χ3v) is 8.86. The van der Waals surface area contributed by atoms with Crippen molar-refractivity contribution in [3.63, 3.8) is 0 Å². The highest BCUT2D eigenvalue weighted by molar-refractivity contribution is 5.58. The van der Waals surface area contributed by atoms with Crippen LogP contribution in [0.25, 0.3) is 0 Å². The number of carbonyl (C=O) groups excluding carboxylic acids is 1. The van der Waals surface area contributed by atoms with Gasteiger partial charge in [0.25, 0.3) is 0 Å². The van der Waals surface area contributed by atoms with Gasteiger partial charge in [0.2, 0.25) is 0 Å². The second-order valence-electron chi connectivity index (χ2n) is 9.87. The first-order chi connectivity index (χ1) is 12.1. The summed E-state index contributed by atoms with van der Waals surface area (Å²) < 4.78 is 0. The second-order valence-corrected chi connectivity index (χ2v) is 9.87. The lowest BCUT2D eigenvalue weighted by Crippen LogP contribution is -2.50. The maximum atomic E-state index is 11.4. The summed E-state index contributed by atoms with van der Waals surface area (Å²) in [7, 11) is 0. The van der Waals surface area contributed by atoms with Crippen LogP contribution in [0.2, 0.25) is 0 Å². The Kier molecular flexibility index (Phi) is 4.86. The van der Waals surface area contributed by atoms with Crippen molar-refractivity contribution in [2.45, 2.75) is 84.0 Å². The van der Waals surface area contributed by atoms with Crippen LogP contribution in [0.1, 0.15) is 84.0 Å². The van der Waals surface area contributed by atoms with Crippen LogP contribution in [0.4, 0.5) is 0 Å². The molecule has 4 rings (SSSR count). The molecule has 4 aliphatic rings. The monoisotopic (exact) mass is 344 g/mol. The van der Waals surface area contributed by atoms with E-state index in [0.29, 0.717) is 17.4 Å². The minimum absolute atomic E-state index is 0.165. The number of unbranched alkanes of at least 4 members (excludes halogenated alkanes) is 1. The molecule has 0 amide bonds.